The lowest BCUT2D eigenvalue weighted by atomic mass is 9.91. The van der Waals surface area contributed by atoms with Crippen molar-refractivity contribution < 1.29 is 13.9 Å². The summed E-state index contributed by atoms with van der Waals surface area (Å²) in [5, 5.41) is 6.15. The van der Waals surface area contributed by atoms with E-state index in [1.54, 1.807) is 6.07 Å². The van der Waals surface area contributed by atoms with E-state index in [9.17, 15) is 9.18 Å². The van der Waals surface area contributed by atoms with Gasteiger partial charge in [0.1, 0.15) is 17.1 Å². The lowest BCUT2D eigenvalue weighted by molar-refractivity contribution is 0.0917. The fourth-order valence-electron chi connectivity index (χ4n) is 2.68. The first kappa shape index (κ1) is 14.8. The number of nitrogens with one attached hydrogen (secondary N) is 2. The normalized spacial score (nSPS) is 22.4. The number of carbonyl (C=O) groups is 1. The molecule has 2 N–H and O–H groups in total. The Bertz CT molecular complexity index is 471. The molecule has 0 saturated heterocycles. The van der Waals surface area contributed by atoms with Crippen LogP contribution in [0.25, 0.3) is 0 Å². The van der Waals surface area contributed by atoms with Gasteiger partial charge < -0.3 is 15.4 Å². The number of benzene rings is 1. The molecule has 0 aromatic heterocycles. The Hall–Kier alpha value is -1.62. The minimum atomic E-state index is -0.550. The molecule has 1 aliphatic carbocycles. The highest BCUT2D eigenvalue weighted by molar-refractivity contribution is 5.97. The quantitative estimate of drug-likeness (QED) is 0.888. The van der Waals surface area contributed by atoms with E-state index in [0.717, 1.165) is 25.7 Å². The lowest BCUT2D eigenvalue weighted by Crippen LogP contribution is -2.41. The summed E-state index contributed by atoms with van der Waals surface area (Å²) in [6.07, 6.45) is 3.87. The fourth-order valence-corrected chi connectivity index (χ4v) is 2.68. The van der Waals surface area contributed by atoms with Gasteiger partial charge in [-0.05, 0) is 44.9 Å². The van der Waals surface area contributed by atoms with Crippen LogP contribution in [-0.2, 0) is 0 Å². The third-order valence-corrected chi connectivity index (χ3v) is 3.89. The molecule has 5 heteroatoms. The van der Waals surface area contributed by atoms with E-state index in [1.807, 2.05) is 7.05 Å². The molecule has 2 rings (SSSR count). The maximum Gasteiger partial charge on any atom is 0.258 e. The van der Waals surface area contributed by atoms with Crippen molar-refractivity contribution in [2.24, 2.45) is 0 Å². The standard InChI is InChI=1S/C15H21FN2O2/c1-17-10-6-8-11(9-7-10)18-15(19)14-12(16)4-3-5-13(14)20-2/h3-5,10-11,17H,6-9H2,1-2H3,(H,18,19). The summed E-state index contributed by atoms with van der Waals surface area (Å²) in [7, 11) is 3.39. The minimum absolute atomic E-state index is 0.00857. The van der Waals surface area contributed by atoms with Crippen LogP contribution in [0.2, 0.25) is 0 Å². The molecule has 1 saturated carbocycles. The third kappa shape index (κ3) is 3.28. The van der Waals surface area contributed by atoms with Crippen LogP contribution in [0, 0.1) is 5.82 Å². The summed E-state index contributed by atoms with van der Waals surface area (Å²) in [5.74, 6) is -0.676. The summed E-state index contributed by atoms with van der Waals surface area (Å²) in [4.78, 5) is 12.2. The van der Waals surface area contributed by atoms with Crippen LogP contribution in [0.3, 0.4) is 0 Å². The van der Waals surface area contributed by atoms with Crippen molar-refractivity contribution in [3.63, 3.8) is 0 Å². The molecule has 0 aliphatic heterocycles. The number of hydrogen-bond donors (Lipinski definition) is 2. The van der Waals surface area contributed by atoms with Gasteiger partial charge in [0, 0.05) is 12.1 Å². The van der Waals surface area contributed by atoms with Crippen LogP contribution in [-0.4, -0.2) is 32.1 Å². The molecule has 0 atom stereocenters. The van der Waals surface area contributed by atoms with Crippen LogP contribution in [0.5, 0.6) is 5.75 Å². The van der Waals surface area contributed by atoms with E-state index in [4.69, 9.17) is 4.74 Å². The van der Waals surface area contributed by atoms with E-state index in [-0.39, 0.29) is 17.4 Å². The maximum absolute atomic E-state index is 13.8. The highest BCUT2D eigenvalue weighted by Gasteiger charge is 2.24. The molecule has 4 nitrogen and oxygen atoms in total. The van der Waals surface area contributed by atoms with E-state index in [2.05, 4.69) is 10.6 Å². The van der Waals surface area contributed by atoms with Gasteiger partial charge >= 0.3 is 0 Å². The zero-order valence-corrected chi connectivity index (χ0v) is 11.9. The predicted molar refractivity (Wildman–Crippen MR) is 75.5 cm³/mol. The molecule has 110 valence electrons. The molecule has 0 heterocycles. The van der Waals surface area contributed by atoms with Gasteiger partial charge in [-0.15, -0.1) is 0 Å². The molecule has 1 aromatic carbocycles. The average Bonchev–Trinajstić information content (AvgIpc) is 2.47. The second-order valence-electron chi connectivity index (χ2n) is 5.13. The molecule has 20 heavy (non-hydrogen) atoms. The Kier molecular flexibility index (Phi) is 4.95. The van der Waals surface area contributed by atoms with Crippen molar-refractivity contribution in [1.29, 1.82) is 0 Å². The predicted octanol–water partition coefficient (Wildman–Crippen LogP) is 2.09. The van der Waals surface area contributed by atoms with Crippen LogP contribution in [0.1, 0.15) is 36.0 Å². The number of rotatable bonds is 4. The number of amides is 1. The van der Waals surface area contributed by atoms with Gasteiger partial charge in [-0.25, -0.2) is 4.39 Å². The number of methoxy groups -OCH3 is 1. The number of hydrogen-bond acceptors (Lipinski definition) is 3. The van der Waals surface area contributed by atoms with Gasteiger partial charge in [-0.2, -0.15) is 0 Å². The van der Waals surface area contributed by atoms with Crippen molar-refractivity contribution in [2.75, 3.05) is 14.2 Å². The number of carbonyl (C=O) groups excluding carboxylic acids is 1. The summed E-state index contributed by atoms with van der Waals surface area (Å²) in [6.45, 7) is 0. The van der Waals surface area contributed by atoms with E-state index >= 15 is 0 Å². The van der Waals surface area contributed by atoms with Crippen molar-refractivity contribution in [2.45, 2.75) is 37.8 Å². The third-order valence-electron chi connectivity index (χ3n) is 3.89. The van der Waals surface area contributed by atoms with Gasteiger partial charge in [0.25, 0.3) is 5.91 Å². The van der Waals surface area contributed by atoms with Gasteiger partial charge in [0.05, 0.1) is 7.11 Å². The van der Waals surface area contributed by atoms with E-state index in [1.165, 1.54) is 19.2 Å². The molecule has 0 spiro atoms. The Labute approximate surface area is 118 Å². The van der Waals surface area contributed by atoms with Crippen LogP contribution < -0.4 is 15.4 Å². The van der Waals surface area contributed by atoms with Crippen molar-refractivity contribution in [3.8, 4) is 5.75 Å². The molecule has 0 unspecified atom stereocenters. The molecule has 1 aromatic rings. The van der Waals surface area contributed by atoms with Crippen molar-refractivity contribution >= 4 is 5.91 Å². The largest absolute Gasteiger partial charge is 0.496 e. The Morgan fingerprint density at radius 3 is 2.50 bits per heavy atom. The first-order valence-electron chi connectivity index (χ1n) is 6.96. The smallest absolute Gasteiger partial charge is 0.258 e. The molecule has 0 bridgehead atoms. The van der Waals surface area contributed by atoms with Crippen LogP contribution in [0.15, 0.2) is 18.2 Å². The summed E-state index contributed by atoms with van der Waals surface area (Å²) >= 11 is 0. The highest BCUT2D eigenvalue weighted by atomic mass is 19.1. The first-order chi connectivity index (χ1) is 9.65. The first-order valence-corrected chi connectivity index (χ1v) is 6.96. The molecule has 0 radical (unpaired) electrons. The topological polar surface area (TPSA) is 50.4 Å². The second-order valence-corrected chi connectivity index (χ2v) is 5.13. The minimum Gasteiger partial charge on any atom is -0.496 e. The highest BCUT2D eigenvalue weighted by Crippen LogP contribution is 2.23. The summed E-state index contributed by atoms with van der Waals surface area (Å²) < 4.78 is 18.9. The second kappa shape index (κ2) is 6.70. The Morgan fingerprint density at radius 2 is 1.90 bits per heavy atom. The molecule has 1 amide bonds. The SMILES string of the molecule is CNC1CCC(NC(=O)c2c(F)cccc2OC)CC1. The molecular formula is C15H21FN2O2. The summed E-state index contributed by atoms with van der Waals surface area (Å²) in [6, 6.07) is 5.02. The molecule has 1 fully saturated rings. The Balaban J connectivity index is 2.02. The van der Waals surface area contributed by atoms with Gasteiger partial charge in [-0.3, -0.25) is 4.79 Å². The lowest BCUT2D eigenvalue weighted by Gasteiger charge is -2.29. The number of halogens is 1. The Morgan fingerprint density at radius 1 is 1.25 bits per heavy atom. The fraction of sp³-hybridized carbons (Fsp3) is 0.533. The van der Waals surface area contributed by atoms with Crippen molar-refractivity contribution in [1.82, 2.24) is 10.6 Å². The number of ether oxygens (including phenoxy) is 1. The summed E-state index contributed by atoms with van der Waals surface area (Å²) in [5.41, 5.74) is -0.00857. The van der Waals surface area contributed by atoms with Gasteiger partial charge in [0.2, 0.25) is 0 Å². The zero-order chi connectivity index (χ0) is 14.5. The van der Waals surface area contributed by atoms with Crippen LogP contribution >= 0.6 is 0 Å². The molecule has 1 aliphatic rings. The van der Waals surface area contributed by atoms with Crippen LogP contribution in [0.4, 0.5) is 4.39 Å². The zero-order valence-electron chi connectivity index (χ0n) is 11.9. The molecular weight excluding hydrogens is 259 g/mol. The van der Waals surface area contributed by atoms with Gasteiger partial charge in [0.15, 0.2) is 0 Å². The maximum atomic E-state index is 13.8. The van der Waals surface area contributed by atoms with E-state index in [0.29, 0.717) is 6.04 Å². The van der Waals surface area contributed by atoms with Gasteiger partial charge in [-0.1, -0.05) is 6.07 Å². The van der Waals surface area contributed by atoms with E-state index < -0.39 is 11.7 Å². The monoisotopic (exact) mass is 280 g/mol. The average molecular weight is 280 g/mol. The van der Waals surface area contributed by atoms with Crippen molar-refractivity contribution in [3.05, 3.63) is 29.6 Å².